The molecule has 0 aliphatic rings. The summed E-state index contributed by atoms with van der Waals surface area (Å²) in [4.78, 5) is 19.5. The number of nitrogens with zero attached hydrogens (tertiary/aromatic N) is 2. The molecule has 5 heteroatoms. The van der Waals surface area contributed by atoms with E-state index in [-0.39, 0.29) is 16.8 Å². The van der Waals surface area contributed by atoms with Crippen LogP contribution in [0.4, 0.5) is 5.69 Å². The lowest BCUT2D eigenvalue weighted by atomic mass is 10.2. The summed E-state index contributed by atoms with van der Waals surface area (Å²) in [6.45, 7) is 0. The third-order valence-electron chi connectivity index (χ3n) is 2.14. The SMILES string of the molecule is C#Cc1cccc(NC(=O)c2cnc(Cl)cn2)c1. The van der Waals surface area contributed by atoms with E-state index in [0.717, 1.165) is 0 Å². The normalized spacial score (nSPS) is 9.56. The van der Waals surface area contributed by atoms with Crippen molar-refractivity contribution in [3.8, 4) is 12.3 Å². The molecule has 0 radical (unpaired) electrons. The first-order valence-electron chi connectivity index (χ1n) is 5.04. The zero-order chi connectivity index (χ0) is 13.0. The van der Waals surface area contributed by atoms with Gasteiger partial charge in [0.2, 0.25) is 0 Å². The van der Waals surface area contributed by atoms with Crippen molar-refractivity contribution in [1.82, 2.24) is 9.97 Å². The third-order valence-corrected chi connectivity index (χ3v) is 2.34. The molecule has 1 amide bonds. The van der Waals surface area contributed by atoms with Gasteiger partial charge in [0.1, 0.15) is 10.8 Å². The number of rotatable bonds is 2. The molecule has 1 heterocycles. The smallest absolute Gasteiger partial charge is 0.275 e. The van der Waals surface area contributed by atoms with Crippen LogP contribution >= 0.6 is 11.6 Å². The standard InChI is InChI=1S/C13H8ClN3O/c1-2-9-4-3-5-10(6-9)17-13(18)11-7-16-12(14)8-15-11/h1,3-8H,(H,17,18). The van der Waals surface area contributed by atoms with Crippen LogP contribution in [0.1, 0.15) is 16.1 Å². The number of halogens is 1. The first-order valence-corrected chi connectivity index (χ1v) is 5.42. The number of carbonyl (C=O) groups is 1. The molecule has 0 fully saturated rings. The monoisotopic (exact) mass is 257 g/mol. The topological polar surface area (TPSA) is 54.9 Å². The number of amides is 1. The molecule has 18 heavy (non-hydrogen) atoms. The molecule has 0 spiro atoms. The van der Waals surface area contributed by atoms with Gasteiger partial charge in [-0.15, -0.1) is 6.42 Å². The largest absolute Gasteiger partial charge is 0.321 e. The summed E-state index contributed by atoms with van der Waals surface area (Å²) in [5.74, 6) is 2.12. The molecule has 1 aromatic carbocycles. The lowest BCUT2D eigenvalue weighted by molar-refractivity contribution is 0.102. The predicted molar refractivity (Wildman–Crippen MR) is 69.4 cm³/mol. The molecule has 1 aromatic heterocycles. The number of aromatic nitrogens is 2. The molecule has 0 unspecified atom stereocenters. The van der Waals surface area contributed by atoms with Gasteiger partial charge in [-0.1, -0.05) is 23.6 Å². The highest BCUT2D eigenvalue weighted by atomic mass is 35.5. The van der Waals surface area contributed by atoms with Crippen LogP contribution in [0.25, 0.3) is 0 Å². The summed E-state index contributed by atoms with van der Waals surface area (Å²) in [6.07, 6.45) is 7.90. The summed E-state index contributed by atoms with van der Waals surface area (Å²) in [7, 11) is 0. The average Bonchev–Trinajstić information content (AvgIpc) is 2.39. The predicted octanol–water partition coefficient (Wildman–Crippen LogP) is 2.36. The molecule has 4 nitrogen and oxygen atoms in total. The maximum atomic E-state index is 11.8. The van der Waals surface area contributed by atoms with Gasteiger partial charge in [-0.25, -0.2) is 9.97 Å². The zero-order valence-electron chi connectivity index (χ0n) is 9.22. The number of terminal acetylenes is 1. The Morgan fingerprint density at radius 1 is 1.33 bits per heavy atom. The van der Waals surface area contributed by atoms with Gasteiger partial charge >= 0.3 is 0 Å². The molecule has 0 aliphatic carbocycles. The summed E-state index contributed by atoms with van der Waals surface area (Å²) in [5.41, 5.74) is 1.48. The Balaban J connectivity index is 2.16. The minimum atomic E-state index is -0.367. The van der Waals surface area contributed by atoms with E-state index < -0.39 is 0 Å². The van der Waals surface area contributed by atoms with Crippen molar-refractivity contribution >= 4 is 23.2 Å². The lowest BCUT2D eigenvalue weighted by Crippen LogP contribution is -2.13. The number of anilines is 1. The van der Waals surface area contributed by atoms with Crippen molar-refractivity contribution in [3.63, 3.8) is 0 Å². The van der Waals surface area contributed by atoms with Gasteiger partial charge in [0, 0.05) is 11.3 Å². The number of nitrogens with one attached hydrogen (secondary N) is 1. The highest BCUT2D eigenvalue weighted by molar-refractivity contribution is 6.29. The summed E-state index contributed by atoms with van der Waals surface area (Å²) < 4.78 is 0. The summed E-state index contributed by atoms with van der Waals surface area (Å²) >= 11 is 5.59. The second-order valence-electron chi connectivity index (χ2n) is 3.40. The number of hydrogen-bond donors (Lipinski definition) is 1. The molecular weight excluding hydrogens is 250 g/mol. The van der Waals surface area contributed by atoms with Crippen LogP contribution in [-0.2, 0) is 0 Å². The molecule has 1 N–H and O–H groups in total. The van der Waals surface area contributed by atoms with Crippen LogP contribution in [0.15, 0.2) is 36.7 Å². The van der Waals surface area contributed by atoms with Gasteiger partial charge in [0.05, 0.1) is 12.4 Å². The van der Waals surface area contributed by atoms with Crippen LogP contribution in [0.3, 0.4) is 0 Å². The molecule has 0 aliphatic heterocycles. The fourth-order valence-corrected chi connectivity index (χ4v) is 1.41. The van der Waals surface area contributed by atoms with Gasteiger partial charge < -0.3 is 5.32 Å². The Hall–Kier alpha value is -2.38. The molecule has 0 atom stereocenters. The maximum absolute atomic E-state index is 11.8. The Labute approximate surface area is 109 Å². The highest BCUT2D eigenvalue weighted by Crippen LogP contribution is 2.11. The van der Waals surface area contributed by atoms with E-state index >= 15 is 0 Å². The van der Waals surface area contributed by atoms with Crippen LogP contribution in [0.5, 0.6) is 0 Å². The Bertz CT molecular complexity index is 617. The van der Waals surface area contributed by atoms with Gasteiger partial charge in [-0.3, -0.25) is 4.79 Å². The minimum Gasteiger partial charge on any atom is -0.321 e. The summed E-state index contributed by atoms with van der Waals surface area (Å²) in [6, 6.07) is 6.97. The van der Waals surface area contributed by atoms with E-state index in [1.165, 1.54) is 12.4 Å². The number of carbonyl (C=O) groups excluding carboxylic acids is 1. The van der Waals surface area contributed by atoms with Gasteiger partial charge in [-0.05, 0) is 18.2 Å². The van der Waals surface area contributed by atoms with Gasteiger partial charge in [0.15, 0.2) is 0 Å². The molecule has 2 rings (SSSR count). The molecule has 0 bridgehead atoms. The first kappa shape index (κ1) is 12.1. The van der Waals surface area contributed by atoms with Crippen LogP contribution in [0.2, 0.25) is 5.15 Å². The quantitative estimate of drug-likeness (QED) is 0.841. The Morgan fingerprint density at radius 2 is 2.17 bits per heavy atom. The van der Waals surface area contributed by atoms with Gasteiger partial charge in [-0.2, -0.15) is 0 Å². The lowest BCUT2D eigenvalue weighted by Gasteiger charge is -2.04. The van der Waals surface area contributed by atoms with Gasteiger partial charge in [0.25, 0.3) is 5.91 Å². The van der Waals surface area contributed by atoms with Crippen molar-refractivity contribution in [2.75, 3.05) is 5.32 Å². The van der Waals surface area contributed by atoms with E-state index in [4.69, 9.17) is 18.0 Å². The maximum Gasteiger partial charge on any atom is 0.275 e. The van der Waals surface area contributed by atoms with Crippen molar-refractivity contribution in [2.45, 2.75) is 0 Å². The molecule has 2 aromatic rings. The van der Waals surface area contributed by atoms with Crippen LogP contribution < -0.4 is 5.32 Å². The van der Waals surface area contributed by atoms with Crippen molar-refractivity contribution in [1.29, 1.82) is 0 Å². The Kier molecular flexibility index (Phi) is 3.56. The van der Waals surface area contributed by atoms with Crippen molar-refractivity contribution < 1.29 is 4.79 Å². The fourth-order valence-electron chi connectivity index (χ4n) is 1.31. The van der Waals surface area contributed by atoms with E-state index in [1.807, 2.05) is 0 Å². The van der Waals surface area contributed by atoms with Crippen molar-refractivity contribution in [2.24, 2.45) is 0 Å². The van der Waals surface area contributed by atoms with Crippen molar-refractivity contribution in [3.05, 3.63) is 53.1 Å². The summed E-state index contributed by atoms with van der Waals surface area (Å²) in [5, 5.41) is 2.91. The highest BCUT2D eigenvalue weighted by Gasteiger charge is 2.08. The van der Waals surface area contributed by atoms with Crippen LogP contribution in [-0.4, -0.2) is 15.9 Å². The van der Waals surface area contributed by atoms with E-state index in [0.29, 0.717) is 11.3 Å². The first-order chi connectivity index (χ1) is 8.69. The van der Waals surface area contributed by atoms with E-state index in [9.17, 15) is 4.79 Å². The average molecular weight is 258 g/mol. The number of benzene rings is 1. The van der Waals surface area contributed by atoms with E-state index in [2.05, 4.69) is 21.2 Å². The number of hydrogen-bond acceptors (Lipinski definition) is 3. The van der Waals surface area contributed by atoms with E-state index in [1.54, 1.807) is 24.3 Å². The minimum absolute atomic E-state index is 0.186. The molecule has 0 saturated heterocycles. The molecular formula is C13H8ClN3O. The Morgan fingerprint density at radius 3 is 2.83 bits per heavy atom. The fraction of sp³-hybridized carbons (Fsp3) is 0. The molecule has 0 saturated carbocycles. The van der Waals surface area contributed by atoms with Crippen LogP contribution in [0, 0.1) is 12.3 Å². The zero-order valence-corrected chi connectivity index (χ0v) is 9.98. The second kappa shape index (κ2) is 5.30. The third kappa shape index (κ3) is 2.84. The second-order valence-corrected chi connectivity index (χ2v) is 3.79. The molecule has 88 valence electrons.